The first-order chi connectivity index (χ1) is 9.48. The maximum absolute atomic E-state index is 13.5. The third-order valence-corrected chi connectivity index (χ3v) is 5.04. The van der Waals surface area contributed by atoms with Gasteiger partial charge in [0.05, 0.1) is 6.10 Å². The van der Waals surface area contributed by atoms with Crippen LogP contribution in [0.2, 0.25) is 0 Å². The molecule has 0 N–H and O–H groups in total. The molecular weight excluding hydrogens is 276 g/mol. The van der Waals surface area contributed by atoms with Crippen LogP contribution < -0.4 is 0 Å². The summed E-state index contributed by atoms with van der Waals surface area (Å²) in [7, 11) is 0. The van der Waals surface area contributed by atoms with E-state index in [-0.39, 0.29) is 30.7 Å². The van der Waals surface area contributed by atoms with E-state index in [1.54, 1.807) is 0 Å². The average Bonchev–Trinajstić information content (AvgIpc) is 2.99. The second-order valence-electron chi connectivity index (χ2n) is 6.28. The summed E-state index contributed by atoms with van der Waals surface area (Å²) in [5, 5.41) is 0. The molecule has 20 heavy (non-hydrogen) atoms. The van der Waals surface area contributed by atoms with Crippen molar-refractivity contribution < 1.29 is 27.0 Å². The topological polar surface area (TPSA) is 18.5 Å². The number of hydrogen-bond acceptors (Lipinski definition) is 2. The molecule has 1 aliphatic heterocycles. The molecule has 0 aromatic carbocycles. The first-order valence-corrected chi connectivity index (χ1v) is 7.41. The molecule has 2 aliphatic carbocycles. The minimum atomic E-state index is -3.86. The number of ether oxygens (including phenoxy) is 2. The van der Waals surface area contributed by atoms with Crippen LogP contribution in [-0.2, 0) is 9.47 Å². The fourth-order valence-electron chi connectivity index (χ4n) is 4.04. The molecular formula is C14H20F4O2. The Bertz CT molecular complexity index is 344. The molecule has 0 aromatic heterocycles. The van der Waals surface area contributed by atoms with Crippen LogP contribution in [0.3, 0.4) is 0 Å². The molecule has 0 amide bonds. The van der Waals surface area contributed by atoms with Crippen LogP contribution in [0.5, 0.6) is 0 Å². The van der Waals surface area contributed by atoms with Gasteiger partial charge in [0.25, 0.3) is 0 Å². The molecule has 2 bridgehead atoms. The van der Waals surface area contributed by atoms with E-state index in [0.717, 1.165) is 19.3 Å². The van der Waals surface area contributed by atoms with Crippen LogP contribution in [-0.4, -0.2) is 31.3 Å². The summed E-state index contributed by atoms with van der Waals surface area (Å²) >= 11 is 0. The Morgan fingerprint density at radius 2 is 1.85 bits per heavy atom. The zero-order valence-corrected chi connectivity index (χ0v) is 11.2. The van der Waals surface area contributed by atoms with Gasteiger partial charge >= 0.3 is 12.3 Å². The first-order valence-electron chi connectivity index (χ1n) is 7.41. The van der Waals surface area contributed by atoms with Crippen molar-refractivity contribution in [2.75, 3.05) is 6.61 Å². The Morgan fingerprint density at radius 1 is 1.05 bits per heavy atom. The summed E-state index contributed by atoms with van der Waals surface area (Å²) in [4.78, 5) is 0. The van der Waals surface area contributed by atoms with Crippen molar-refractivity contribution in [2.24, 2.45) is 17.8 Å². The van der Waals surface area contributed by atoms with E-state index in [0.29, 0.717) is 19.4 Å². The summed E-state index contributed by atoms with van der Waals surface area (Å²) in [5.74, 6) is -5.39. The van der Waals surface area contributed by atoms with Crippen LogP contribution in [0.15, 0.2) is 0 Å². The summed E-state index contributed by atoms with van der Waals surface area (Å²) < 4.78 is 63.2. The lowest BCUT2D eigenvalue weighted by Crippen LogP contribution is -2.42. The third kappa shape index (κ3) is 2.56. The fourth-order valence-corrected chi connectivity index (χ4v) is 4.04. The minimum absolute atomic E-state index is 0.0137. The van der Waals surface area contributed by atoms with Crippen LogP contribution >= 0.6 is 0 Å². The normalized spacial score (nSPS) is 41.5. The van der Waals surface area contributed by atoms with Gasteiger partial charge in [0.2, 0.25) is 0 Å². The summed E-state index contributed by atoms with van der Waals surface area (Å²) in [6.07, 6.45) is 0.241. The Morgan fingerprint density at radius 3 is 2.40 bits per heavy atom. The van der Waals surface area contributed by atoms with Crippen LogP contribution in [0, 0.1) is 17.8 Å². The van der Waals surface area contributed by atoms with Gasteiger partial charge in [-0.1, -0.05) is 0 Å². The van der Waals surface area contributed by atoms with Gasteiger partial charge in [-0.25, -0.2) is 8.78 Å². The third-order valence-electron chi connectivity index (χ3n) is 5.04. The second-order valence-corrected chi connectivity index (χ2v) is 6.28. The number of alkyl halides is 4. The number of halogens is 4. The molecule has 6 heteroatoms. The molecule has 3 aliphatic rings. The van der Waals surface area contributed by atoms with Crippen molar-refractivity contribution in [3.05, 3.63) is 0 Å². The largest absolute Gasteiger partial charge is 0.353 e. The predicted molar refractivity (Wildman–Crippen MR) is 63.7 cm³/mol. The van der Waals surface area contributed by atoms with Crippen LogP contribution in [0.4, 0.5) is 17.6 Å². The van der Waals surface area contributed by atoms with Gasteiger partial charge in [0, 0.05) is 12.5 Å². The molecule has 1 saturated heterocycles. The highest BCUT2D eigenvalue weighted by Crippen LogP contribution is 2.56. The lowest BCUT2D eigenvalue weighted by molar-refractivity contribution is -0.211. The van der Waals surface area contributed by atoms with Gasteiger partial charge in [-0.15, -0.1) is 0 Å². The Hall–Kier alpha value is -0.360. The molecule has 0 radical (unpaired) electrons. The van der Waals surface area contributed by atoms with Crippen molar-refractivity contribution in [3.63, 3.8) is 0 Å². The highest BCUT2D eigenvalue weighted by Gasteiger charge is 2.59. The molecule has 2 nitrogen and oxygen atoms in total. The van der Waals surface area contributed by atoms with Crippen molar-refractivity contribution in [1.29, 1.82) is 0 Å². The molecule has 0 aromatic rings. The Labute approximate surface area is 115 Å². The van der Waals surface area contributed by atoms with Gasteiger partial charge in [-0.2, -0.15) is 8.78 Å². The second kappa shape index (κ2) is 5.44. The van der Waals surface area contributed by atoms with E-state index < -0.39 is 18.3 Å². The standard InChI is InChI=1S/C14H20F4O2/c15-13(16)14(17,18)10-6-9-5-8(10)7-11(9)20-12-3-1-2-4-19-12/h8-13H,1-7H2. The minimum Gasteiger partial charge on any atom is -0.353 e. The van der Waals surface area contributed by atoms with Gasteiger partial charge in [-0.3, -0.25) is 0 Å². The molecule has 5 unspecified atom stereocenters. The summed E-state index contributed by atoms with van der Waals surface area (Å²) in [6, 6.07) is 0. The van der Waals surface area contributed by atoms with E-state index in [4.69, 9.17) is 9.47 Å². The van der Waals surface area contributed by atoms with Gasteiger partial charge in [0.1, 0.15) is 0 Å². The molecule has 3 rings (SSSR count). The van der Waals surface area contributed by atoms with Gasteiger partial charge < -0.3 is 9.47 Å². The molecule has 1 heterocycles. The van der Waals surface area contributed by atoms with Crippen molar-refractivity contribution in [2.45, 2.75) is 63.3 Å². The van der Waals surface area contributed by atoms with E-state index in [1.165, 1.54) is 0 Å². The highest BCUT2D eigenvalue weighted by atomic mass is 19.3. The predicted octanol–water partition coefficient (Wildman–Crippen LogP) is 3.84. The molecule has 3 fully saturated rings. The highest BCUT2D eigenvalue weighted by molar-refractivity contribution is 5.01. The van der Waals surface area contributed by atoms with E-state index >= 15 is 0 Å². The number of hydrogen-bond donors (Lipinski definition) is 0. The zero-order valence-electron chi connectivity index (χ0n) is 11.2. The van der Waals surface area contributed by atoms with E-state index in [1.807, 2.05) is 0 Å². The SMILES string of the molecule is FC(F)C(F)(F)C1CC2CC1CC2OC1CCCCO1. The lowest BCUT2D eigenvalue weighted by Gasteiger charge is -2.35. The maximum atomic E-state index is 13.5. The summed E-state index contributed by atoms with van der Waals surface area (Å²) in [5.41, 5.74) is 0. The van der Waals surface area contributed by atoms with Crippen molar-refractivity contribution in [1.82, 2.24) is 0 Å². The smallest absolute Gasteiger partial charge is 0.310 e. The Balaban J connectivity index is 1.56. The number of fused-ring (bicyclic) bond motifs is 2. The van der Waals surface area contributed by atoms with E-state index in [9.17, 15) is 17.6 Å². The van der Waals surface area contributed by atoms with Crippen LogP contribution in [0.1, 0.15) is 38.5 Å². The first kappa shape index (κ1) is 14.6. The van der Waals surface area contributed by atoms with Crippen molar-refractivity contribution >= 4 is 0 Å². The fraction of sp³-hybridized carbons (Fsp3) is 1.00. The monoisotopic (exact) mass is 296 g/mol. The molecule has 2 saturated carbocycles. The zero-order chi connectivity index (χ0) is 14.3. The lowest BCUT2D eigenvalue weighted by atomic mass is 9.83. The van der Waals surface area contributed by atoms with Gasteiger partial charge in [-0.05, 0) is 50.4 Å². The van der Waals surface area contributed by atoms with Crippen molar-refractivity contribution in [3.8, 4) is 0 Å². The number of rotatable bonds is 4. The van der Waals surface area contributed by atoms with Crippen LogP contribution in [0.25, 0.3) is 0 Å². The van der Waals surface area contributed by atoms with Gasteiger partial charge in [0.15, 0.2) is 6.29 Å². The quantitative estimate of drug-likeness (QED) is 0.734. The van der Waals surface area contributed by atoms with E-state index in [2.05, 4.69) is 0 Å². The molecule has 5 atom stereocenters. The maximum Gasteiger partial charge on any atom is 0.310 e. The molecule has 0 spiro atoms. The Kier molecular flexibility index (Phi) is 3.97. The average molecular weight is 296 g/mol. The molecule has 116 valence electrons. The summed E-state index contributed by atoms with van der Waals surface area (Å²) in [6.45, 7) is 0.678.